The molecule has 1 unspecified atom stereocenters. The van der Waals surface area contributed by atoms with Crippen LogP contribution in [0.3, 0.4) is 0 Å². The zero-order chi connectivity index (χ0) is 15.4. The molecule has 1 aromatic carbocycles. The van der Waals surface area contributed by atoms with Gasteiger partial charge in [-0.2, -0.15) is 0 Å². The Morgan fingerprint density at radius 3 is 2.67 bits per heavy atom. The number of likely N-dealkylation sites (N-methyl/N-ethyl adjacent to an activating group) is 1. The molecule has 1 heterocycles. The summed E-state index contributed by atoms with van der Waals surface area (Å²) < 4.78 is 11.2. The van der Waals surface area contributed by atoms with Crippen molar-refractivity contribution < 1.29 is 13.9 Å². The second-order valence-corrected chi connectivity index (χ2v) is 5.67. The molecular formula is C16H18BrNO3. The van der Waals surface area contributed by atoms with Crippen LogP contribution in [0.2, 0.25) is 0 Å². The number of rotatable bonds is 5. The standard InChI is InChI=1S/C16H18BrNO3/c1-11(10-12-6-4-5-7-13(12)20-3)18(2)16(19)14-8-9-15(17)21-14/h4-9,11H,10H2,1-3H3. The fourth-order valence-electron chi connectivity index (χ4n) is 2.13. The summed E-state index contributed by atoms with van der Waals surface area (Å²) >= 11 is 3.21. The van der Waals surface area contributed by atoms with Gasteiger partial charge in [-0.15, -0.1) is 0 Å². The molecule has 1 amide bonds. The predicted molar refractivity (Wildman–Crippen MR) is 84.7 cm³/mol. The molecule has 5 heteroatoms. The fourth-order valence-corrected chi connectivity index (χ4v) is 2.44. The van der Waals surface area contributed by atoms with E-state index in [1.807, 2.05) is 31.2 Å². The fraction of sp³-hybridized carbons (Fsp3) is 0.312. The summed E-state index contributed by atoms with van der Waals surface area (Å²) in [7, 11) is 3.43. The Bertz CT molecular complexity index is 623. The molecule has 112 valence electrons. The van der Waals surface area contributed by atoms with Gasteiger partial charge in [0, 0.05) is 13.1 Å². The molecular weight excluding hydrogens is 334 g/mol. The Labute approximate surface area is 132 Å². The summed E-state index contributed by atoms with van der Waals surface area (Å²) in [5, 5.41) is 0. The molecule has 0 saturated carbocycles. The molecule has 2 aromatic rings. The lowest BCUT2D eigenvalue weighted by Gasteiger charge is -2.24. The smallest absolute Gasteiger partial charge is 0.289 e. The van der Waals surface area contributed by atoms with Crippen LogP contribution in [-0.4, -0.2) is 31.0 Å². The monoisotopic (exact) mass is 351 g/mol. The van der Waals surface area contributed by atoms with Crippen LogP contribution < -0.4 is 4.74 Å². The van der Waals surface area contributed by atoms with Crippen molar-refractivity contribution in [2.75, 3.05) is 14.2 Å². The van der Waals surface area contributed by atoms with Gasteiger partial charge in [0.2, 0.25) is 0 Å². The number of methoxy groups -OCH3 is 1. The first kappa shape index (κ1) is 15.6. The van der Waals surface area contributed by atoms with E-state index in [1.54, 1.807) is 31.2 Å². The van der Waals surface area contributed by atoms with Crippen molar-refractivity contribution in [3.8, 4) is 5.75 Å². The lowest BCUT2D eigenvalue weighted by atomic mass is 10.0. The number of benzene rings is 1. The summed E-state index contributed by atoms with van der Waals surface area (Å²) in [6.07, 6.45) is 0.716. The average Bonchev–Trinajstić information content (AvgIpc) is 2.92. The Morgan fingerprint density at radius 2 is 2.05 bits per heavy atom. The van der Waals surface area contributed by atoms with E-state index in [4.69, 9.17) is 9.15 Å². The van der Waals surface area contributed by atoms with Crippen LogP contribution >= 0.6 is 15.9 Å². The van der Waals surface area contributed by atoms with Crippen molar-refractivity contribution in [2.45, 2.75) is 19.4 Å². The number of carbonyl (C=O) groups excluding carboxylic acids is 1. The van der Waals surface area contributed by atoms with Gasteiger partial charge in [-0.3, -0.25) is 4.79 Å². The minimum atomic E-state index is -0.136. The van der Waals surface area contributed by atoms with Gasteiger partial charge < -0.3 is 14.1 Å². The molecule has 0 fully saturated rings. The van der Waals surface area contributed by atoms with Crippen LogP contribution in [0.25, 0.3) is 0 Å². The highest BCUT2D eigenvalue weighted by molar-refractivity contribution is 9.10. The normalized spacial score (nSPS) is 12.0. The van der Waals surface area contributed by atoms with Gasteiger partial charge in [-0.1, -0.05) is 18.2 Å². The Morgan fingerprint density at radius 1 is 1.33 bits per heavy atom. The lowest BCUT2D eigenvalue weighted by molar-refractivity contribution is 0.0709. The molecule has 1 atom stereocenters. The highest BCUT2D eigenvalue weighted by Gasteiger charge is 2.21. The Hall–Kier alpha value is -1.75. The van der Waals surface area contributed by atoms with E-state index >= 15 is 0 Å². The molecule has 0 aliphatic rings. The van der Waals surface area contributed by atoms with Crippen molar-refractivity contribution in [3.63, 3.8) is 0 Å². The third kappa shape index (κ3) is 3.67. The van der Waals surface area contributed by atoms with Crippen LogP contribution in [0.4, 0.5) is 0 Å². The molecule has 0 saturated heterocycles. The van der Waals surface area contributed by atoms with Crippen LogP contribution in [-0.2, 0) is 6.42 Å². The average molecular weight is 352 g/mol. The molecule has 0 radical (unpaired) electrons. The lowest BCUT2D eigenvalue weighted by Crippen LogP contribution is -2.36. The molecule has 21 heavy (non-hydrogen) atoms. The summed E-state index contributed by atoms with van der Waals surface area (Å²) in [5.41, 5.74) is 1.08. The van der Waals surface area contributed by atoms with Crippen LogP contribution in [0.15, 0.2) is 45.5 Å². The third-order valence-corrected chi connectivity index (χ3v) is 3.90. The molecule has 0 bridgehead atoms. The van der Waals surface area contributed by atoms with E-state index in [1.165, 1.54) is 0 Å². The molecule has 1 aromatic heterocycles. The van der Waals surface area contributed by atoms with Gasteiger partial charge in [-0.25, -0.2) is 0 Å². The number of para-hydroxylation sites is 1. The second kappa shape index (κ2) is 6.80. The first-order valence-electron chi connectivity index (χ1n) is 6.67. The van der Waals surface area contributed by atoms with Crippen molar-refractivity contribution in [2.24, 2.45) is 0 Å². The number of hydrogen-bond acceptors (Lipinski definition) is 3. The first-order valence-corrected chi connectivity index (χ1v) is 7.46. The van der Waals surface area contributed by atoms with E-state index < -0.39 is 0 Å². The molecule has 0 N–H and O–H groups in total. The van der Waals surface area contributed by atoms with Gasteiger partial charge in [0.25, 0.3) is 5.91 Å². The summed E-state index contributed by atoms with van der Waals surface area (Å²) in [6.45, 7) is 2.00. The summed E-state index contributed by atoms with van der Waals surface area (Å²) in [6, 6.07) is 11.2. The number of halogens is 1. The molecule has 4 nitrogen and oxygen atoms in total. The quantitative estimate of drug-likeness (QED) is 0.823. The minimum Gasteiger partial charge on any atom is -0.496 e. The van der Waals surface area contributed by atoms with E-state index in [0.29, 0.717) is 16.9 Å². The van der Waals surface area contributed by atoms with E-state index in [9.17, 15) is 4.79 Å². The Balaban J connectivity index is 2.09. The van der Waals surface area contributed by atoms with Gasteiger partial charge in [0.15, 0.2) is 10.4 Å². The van der Waals surface area contributed by atoms with Crippen molar-refractivity contribution >= 4 is 21.8 Å². The highest BCUT2D eigenvalue weighted by Crippen LogP contribution is 2.21. The van der Waals surface area contributed by atoms with E-state index in [-0.39, 0.29) is 11.9 Å². The zero-order valence-electron chi connectivity index (χ0n) is 12.3. The largest absolute Gasteiger partial charge is 0.496 e. The number of carbonyl (C=O) groups is 1. The molecule has 0 aliphatic heterocycles. The maximum absolute atomic E-state index is 12.3. The number of amides is 1. The van der Waals surface area contributed by atoms with Crippen molar-refractivity contribution in [1.29, 1.82) is 0 Å². The third-order valence-electron chi connectivity index (χ3n) is 3.47. The molecule has 0 spiro atoms. The van der Waals surface area contributed by atoms with Crippen molar-refractivity contribution in [1.82, 2.24) is 4.90 Å². The summed E-state index contributed by atoms with van der Waals surface area (Å²) in [5.74, 6) is 1.03. The van der Waals surface area contributed by atoms with Crippen LogP contribution in [0.5, 0.6) is 5.75 Å². The van der Waals surface area contributed by atoms with Gasteiger partial charge >= 0.3 is 0 Å². The SMILES string of the molecule is COc1ccccc1CC(C)N(C)C(=O)c1ccc(Br)o1. The number of ether oxygens (including phenoxy) is 1. The van der Waals surface area contributed by atoms with E-state index in [0.717, 1.165) is 11.3 Å². The first-order chi connectivity index (χ1) is 10.0. The topological polar surface area (TPSA) is 42.7 Å². The van der Waals surface area contributed by atoms with Gasteiger partial charge in [0.05, 0.1) is 7.11 Å². The Kier molecular flexibility index (Phi) is 5.07. The highest BCUT2D eigenvalue weighted by atomic mass is 79.9. The van der Waals surface area contributed by atoms with Crippen LogP contribution in [0.1, 0.15) is 23.0 Å². The second-order valence-electron chi connectivity index (χ2n) is 4.88. The molecule has 0 aliphatic carbocycles. The maximum atomic E-state index is 12.3. The van der Waals surface area contributed by atoms with E-state index in [2.05, 4.69) is 15.9 Å². The number of nitrogens with zero attached hydrogens (tertiary/aromatic N) is 1. The number of hydrogen-bond donors (Lipinski definition) is 0. The summed E-state index contributed by atoms with van der Waals surface area (Å²) in [4.78, 5) is 14.0. The minimum absolute atomic E-state index is 0.0256. The van der Waals surface area contributed by atoms with Gasteiger partial charge in [0.1, 0.15) is 5.75 Å². The predicted octanol–water partition coefficient (Wildman–Crippen LogP) is 3.75. The maximum Gasteiger partial charge on any atom is 0.289 e. The number of furan rings is 1. The van der Waals surface area contributed by atoms with Crippen LogP contribution in [0, 0.1) is 0 Å². The molecule has 2 rings (SSSR count). The van der Waals surface area contributed by atoms with Crippen molar-refractivity contribution in [3.05, 3.63) is 52.4 Å². The zero-order valence-corrected chi connectivity index (χ0v) is 13.9. The van der Waals surface area contributed by atoms with Gasteiger partial charge in [-0.05, 0) is 53.0 Å².